The monoisotopic (exact) mass is 410 g/mol. The largest absolute Gasteiger partial charge is 0.370 e. The summed E-state index contributed by atoms with van der Waals surface area (Å²) in [7, 11) is 0. The molecule has 0 aromatic carbocycles. The molecule has 1 aliphatic carbocycles. The first-order chi connectivity index (χ1) is 13.5. The quantitative estimate of drug-likeness (QED) is 0.175. The Balaban J connectivity index is 1.41. The number of allylic oxidation sites excluding steroid dienone is 2. The molecule has 0 aromatic heterocycles. The summed E-state index contributed by atoms with van der Waals surface area (Å²) in [5, 5.41) is 3.34. The SMILES string of the molecule is C[C@H](C(=O)NNC(=S)NCC[NH+]1CCOCC1)N1C(=O)[C@H]2CC=CC[C@@H]2C1=O. The lowest BCUT2D eigenvalue weighted by molar-refractivity contribution is -0.906. The molecule has 3 amide bonds. The average Bonchev–Trinajstić information content (AvgIpc) is 2.97. The van der Waals surface area contributed by atoms with Gasteiger partial charge in [-0.1, -0.05) is 12.2 Å². The maximum Gasteiger partial charge on any atom is 0.261 e. The van der Waals surface area contributed by atoms with Crippen molar-refractivity contribution in [3.63, 3.8) is 0 Å². The number of thiocarbonyl (C=S) groups is 1. The molecule has 154 valence electrons. The van der Waals surface area contributed by atoms with Gasteiger partial charge in [0.25, 0.3) is 5.91 Å². The summed E-state index contributed by atoms with van der Waals surface area (Å²) >= 11 is 5.16. The van der Waals surface area contributed by atoms with Crippen LogP contribution < -0.4 is 21.1 Å². The summed E-state index contributed by atoms with van der Waals surface area (Å²) in [4.78, 5) is 40.0. The molecule has 3 aliphatic rings. The number of ether oxygens (including phenoxy) is 1. The van der Waals surface area contributed by atoms with Gasteiger partial charge in [-0.15, -0.1) is 0 Å². The van der Waals surface area contributed by atoms with Crippen molar-refractivity contribution < 1.29 is 24.0 Å². The molecule has 4 N–H and O–H groups in total. The molecule has 2 heterocycles. The first-order valence-corrected chi connectivity index (χ1v) is 10.2. The zero-order chi connectivity index (χ0) is 20.1. The van der Waals surface area contributed by atoms with E-state index in [1.54, 1.807) is 6.92 Å². The Morgan fingerprint density at radius 1 is 1.21 bits per heavy atom. The molecule has 10 heteroatoms. The first-order valence-electron chi connectivity index (χ1n) is 9.76. The molecule has 0 radical (unpaired) electrons. The topological polar surface area (TPSA) is 104 Å². The van der Waals surface area contributed by atoms with Gasteiger partial charge in [0.2, 0.25) is 11.8 Å². The van der Waals surface area contributed by atoms with Gasteiger partial charge in [0.05, 0.1) is 38.1 Å². The molecule has 28 heavy (non-hydrogen) atoms. The lowest BCUT2D eigenvalue weighted by Crippen LogP contribution is -3.14. The zero-order valence-electron chi connectivity index (χ0n) is 16.0. The molecular weight excluding hydrogens is 382 g/mol. The van der Waals surface area contributed by atoms with E-state index in [0.717, 1.165) is 37.7 Å². The predicted molar refractivity (Wildman–Crippen MR) is 105 cm³/mol. The molecule has 2 saturated heterocycles. The Kier molecular flexibility index (Phi) is 6.97. The van der Waals surface area contributed by atoms with Crippen molar-refractivity contribution in [1.82, 2.24) is 21.1 Å². The van der Waals surface area contributed by atoms with Crippen molar-refractivity contribution >= 4 is 35.1 Å². The first kappa shape index (κ1) is 20.7. The van der Waals surface area contributed by atoms with Crippen LogP contribution in [0.2, 0.25) is 0 Å². The highest BCUT2D eigenvalue weighted by molar-refractivity contribution is 7.80. The molecule has 0 spiro atoms. The number of hydrogen-bond acceptors (Lipinski definition) is 5. The van der Waals surface area contributed by atoms with Gasteiger partial charge in [0, 0.05) is 0 Å². The number of nitrogens with one attached hydrogen (secondary N) is 4. The molecule has 0 unspecified atom stereocenters. The number of carbonyl (C=O) groups excluding carboxylic acids is 3. The summed E-state index contributed by atoms with van der Waals surface area (Å²) < 4.78 is 5.32. The highest BCUT2D eigenvalue weighted by atomic mass is 32.1. The molecular formula is C18H28N5O4S+. The lowest BCUT2D eigenvalue weighted by Gasteiger charge is -2.24. The van der Waals surface area contributed by atoms with Crippen LogP contribution in [0.1, 0.15) is 19.8 Å². The van der Waals surface area contributed by atoms with Crippen molar-refractivity contribution in [3.8, 4) is 0 Å². The van der Waals surface area contributed by atoms with Crippen LogP contribution in [-0.2, 0) is 19.1 Å². The number of hydrazine groups is 1. The van der Waals surface area contributed by atoms with Crippen molar-refractivity contribution in [2.45, 2.75) is 25.8 Å². The Morgan fingerprint density at radius 2 is 1.82 bits per heavy atom. The van der Waals surface area contributed by atoms with Crippen LogP contribution in [0.4, 0.5) is 0 Å². The van der Waals surface area contributed by atoms with Crippen LogP contribution in [0.3, 0.4) is 0 Å². The fourth-order valence-corrected chi connectivity index (χ4v) is 4.01. The Hall–Kier alpha value is -2.04. The summed E-state index contributed by atoms with van der Waals surface area (Å²) in [5.74, 6) is -1.69. The van der Waals surface area contributed by atoms with E-state index in [1.165, 1.54) is 4.90 Å². The van der Waals surface area contributed by atoms with E-state index >= 15 is 0 Å². The fraction of sp³-hybridized carbons (Fsp3) is 0.667. The highest BCUT2D eigenvalue weighted by Crippen LogP contribution is 2.35. The molecule has 9 nitrogen and oxygen atoms in total. The Morgan fingerprint density at radius 3 is 2.43 bits per heavy atom. The zero-order valence-corrected chi connectivity index (χ0v) is 16.8. The van der Waals surface area contributed by atoms with Gasteiger partial charge < -0.3 is 15.0 Å². The minimum atomic E-state index is -0.890. The number of fused-ring (bicyclic) bond motifs is 1. The van der Waals surface area contributed by atoms with Gasteiger partial charge in [0.15, 0.2) is 5.11 Å². The van der Waals surface area contributed by atoms with E-state index in [9.17, 15) is 14.4 Å². The maximum absolute atomic E-state index is 12.5. The summed E-state index contributed by atoms with van der Waals surface area (Å²) in [6.07, 6.45) is 4.95. The highest BCUT2D eigenvalue weighted by Gasteiger charge is 2.50. The van der Waals surface area contributed by atoms with Gasteiger partial charge in [-0.05, 0) is 32.0 Å². The third-order valence-electron chi connectivity index (χ3n) is 5.57. The molecule has 0 bridgehead atoms. The second kappa shape index (κ2) is 9.44. The van der Waals surface area contributed by atoms with Crippen molar-refractivity contribution in [3.05, 3.63) is 12.2 Å². The number of amides is 3. The molecule has 0 aromatic rings. The van der Waals surface area contributed by atoms with E-state index < -0.39 is 11.9 Å². The number of morpholine rings is 1. The number of likely N-dealkylation sites (tertiary alicyclic amines) is 1. The number of quaternary nitrogens is 1. The third-order valence-corrected chi connectivity index (χ3v) is 5.82. The second-order valence-electron chi connectivity index (χ2n) is 7.36. The predicted octanol–water partition coefficient (Wildman–Crippen LogP) is -2.26. The van der Waals surface area contributed by atoms with E-state index in [1.807, 2.05) is 12.2 Å². The van der Waals surface area contributed by atoms with Crippen LogP contribution in [0.5, 0.6) is 0 Å². The number of rotatable bonds is 5. The molecule has 2 aliphatic heterocycles. The number of nitrogens with zero attached hydrogens (tertiary/aromatic N) is 1. The lowest BCUT2D eigenvalue weighted by atomic mass is 9.85. The van der Waals surface area contributed by atoms with Crippen molar-refractivity contribution in [1.29, 1.82) is 0 Å². The van der Waals surface area contributed by atoms with E-state index in [4.69, 9.17) is 17.0 Å². The van der Waals surface area contributed by atoms with Crippen LogP contribution in [0, 0.1) is 11.8 Å². The molecule has 2 fully saturated rings. The molecule has 0 saturated carbocycles. The number of hydrogen-bond donors (Lipinski definition) is 4. The second-order valence-corrected chi connectivity index (χ2v) is 7.77. The van der Waals surface area contributed by atoms with E-state index in [0.29, 0.717) is 24.5 Å². The molecule has 3 rings (SSSR count). The summed E-state index contributed by atoms with van der Waals surface area (Å²) in [5.41, 5.74) is 5.13. The Bertz CT molecular complexity index is 638. The smallest absolute Gasteiger partial charge is 0.261 e. The van der Waals surface area contributed by atoms with Crippen LogP contribution in [0.25, 0.3) is 0 Å². The standard InChI is InChI=1S/C18H27N5O4S/c1-12(23-16(25)13-4-2-3-5-14(13)17(23)26)15(24)20-21-18(28)19-6-7-22-8-10-27-11-9-22/h2-3,12-14H,4-11H2,1H3,(H,20,24)(H2,19,21,28)/p+1/t12-,13+,14+/m1/s1. The van der Waals surface area contributed by atoms with E-state index in [-0.39, 0.29) is 23.7 Å². The minimum absolute atomic E-state index is 0.267. The number of carbonyl (C=O) groups is 3. The van der Waals surface area contributed by atoms with Crippen LogP contribution >= 0.6 is 12.2 Å². The molecule has 3 atom stereocenters. The van der Waals surface area contributed by atoms with Gasteiger partial charge in [-0.2, -0.15) is 0 Å². The summed E-state index contributed by atoms with van der Waals surface area (Å²) in [6.45, 7) is 6.64. The van der Waals surface area contributed by atoms with Crippen molar-refractivity contribution in [2.75, 3.05) is 39.4 Å². The normalized spacial score (nSPS) is 26.0. The minimum Gasteiger partial charge on any atom is -0.370 e. The van der Waals surface area contributed by atoms with Crippen molar-refractivity contribution in [2.24, 2.45) is 11.8 Å². The van der Waals surface area contributed by atoms with Gasteiger partial charge in [0.1, 0.15) is 19.1 Å². The van der Waals surface area contributed by atoms with Crippen LogP contribution in [-0.4, -0.2) is 73.2 Å². The maximum atomic E-state index is 12.5. The summed E-state index contributed by atoms with van der Waals surface area (Å²) in [6, 6.07) is -0.890. The average molecular weight is 411 g/mol. The third kappa shape index (κ3) is 4.68. The van der Waals surface area contributed by atoms with Crippen LogP contribution in [0.15, 0.2) is 12.2 Å². The van der Waals surface area contributed by atoms with Gasteiger partial charge in [-0.25, -0.2) is 0 Å². The van der Waals surface area contributed by atoms with E-state index in [2.05, 4.69) is 16.2 Å². The van der Waals surface area contributed by atoms with Gasteiger partial charge in [-0.3, -0.25) is 30.1 Å². The number of imide groups is 1. The fourth-order valence-electron chi connectivity index (χ4n) is 3.85. The Labute approximate surface area is 169 Å². The van der Waals surface area contributed by atoms with Gasteiger partial charge >= 0.3 is 0 Å².